The summed E-state index contributed by atoms with van der Waals surface area (Å²) >= 11 is 0. The van der Waals surface area contributed by atoms with Crippen molar-refractivity contribution in [3.05, 3.63) is 188 Å². The Bertz CT molecular complexity index is 2050. The smallest absolute Gasteiger partial charge is 0.200 e. The zero-order valence-electron chi connectivity index (χ0n) is 31.9. The summed E-state index contributed by atoms with van der Waals surface area (Å²) < 4.78 is 4.95. The molecule has 6 aromatic carbocycles. The van der Waals surface area contributed by atoms with Crippen LogP contribution in [0.4, 0.5) is 0 Å². The van der Waals surface area contributed by atoms with Crippen molar-refractivity contribution in [3.8, 4) is 63.2 Å². The van der Waals surface area contributed by atoms with Gasteiger partial charge in [0.25, 0.3) is 0 Å². The SMILES string of the molecule is C=CCc1ccc(O)c(OC)c1.O=C1C=CC(=O)C=C1.Oc1ccc(O)cc1.Oc1cccc(O)c1.Oc1cccc(O)c1O.Oc1ccccc1.Oc1ccccc1. The van der Waals surface area contributed by atoms with Crippen molar-refractivity contribution in [2.24, 2.45) is 0 Å². The number of allylic oxidation sites excluding steroid dienone is 5. The number of methoxy groups -OCH3 is 1. The molecule has 308 valence electrons. The molecular weight excluding hydrogens is 760 g/mol. The van der Waals surface area contributed by atoms with Crippen LogP contribution in [0.1, 0.15) is 5.56 Å². The van der Waals surface area contributed by atoms with Crippen LogP contribution in [-0.2, 0) is 16.0 Å². The van der Waals surface area contributed by atoms with E-state index in [9.17, 15) is 14.7 Å². The van der Waals surface area contributed by atoms with Gasteiger partial charge in [-0.25, -0.2) is 0 Å². The molecule has 0 fully saturated rings. The lowest BCUT2D eigenvalue weighted by atomic mass is 10.1. The maximum absolute atomic E-state index is 10.3. The Morgan fingerprint density at radius 3 is 1.12 bits per heavy atom. The van der Waals surface area contributed by atoms with E-state index in [-0.39, 0.29) is 51.8 Å². The summed E-state index contributed by atoms with van der Waals surface area (Å²) in [6.07, 6.45) is 7.61. The molecule has 1 aliphatic rings. The predicted molar refractivity (Wildman–Crippen MR) is 224 cm³/mol. The van der Waals surface area contributed by atoms with Gasteiger partial charge in [-0.15, -0.1) is 6.58 Å². The molecule has 0 unspecified atom stereocenters. The number of aromatic hydroxyl groups is 10. The highest BCUT2D eigenvalue weighted by atomic mass is 16.5. The fourth-order valence-electron chi connectivity index (χ4n) is 3.78. The second kappa shape index (κ2) is 28.1. The van der Waals surface area contributed by atoms with Crippen LogP contribution in [0.25, 0.3) is 0 Å². The molecule has 0 atom stereocenters. The number of hydrogen-bond donors (Lipinski definition) is 10. The van der Waals surface area contributed by atoms with Crippen molar-refractivity contribution in [1.29, 1.82) is 0 Å². The Hall–Kier alpha value is -8.32. The van der Waals surface area contributed by atoms with Crippen molar-refractivity contribution in [3.63, 3.8) is 0 Å². The zero-order chi connectivity index (χ0) is 44.0. The van der Waals surface area contributed by atoms with Gasteiger partial charge in [-0.3, -0.25) is 9.59 Å². The molecule has 0 aromatic heterocycles. The third kappa shape index (κ3) is 23.3. The van der Waals surface area contributed by atoms with E-state index in [4.69, 9.17) is 50.7 Å². The number of ether oxygens (including phenoxy) is 1. The summed E-state index contributed by atoms with van der Waals surface area (Å²) in [6, 6.07) is 38.3. The van der Waals surface area contributed by atoms with Gasteiger partial charge in [0.15, 0.2) is 40.3 Å². The number of phenols is 10. The van der Waals surface area contributed by atoms with Gasteiger partial charge in [-0.05, 0) is 121 Å². The Labute approximate surface area is 341 Å². The molecule has 0 saturated carbocycles. The molecule has 0 aliphatic heterocycles. The van der Waals surface area contributed by atoms with E-state index in [0.29, 0.717) is 17.2 Å². The summed E-state index contributed by atoms with van der Waals surface area (Å²) in [4.78, 5) is 20.6. The molecule has 0 heterocycles. The maximum atomic E-state index is 10.3. The van der Waals surface area contributed by atoms with E-state index >= 15 is 0 Å². The molecule has 13 nitrogen and oxygen atoms in total. The van der Waals surface area contributed by atoms with Crippen LogP contribution in [0.3, 0.4) is 0 Å². The Balaban J connectivity index is 0.000000347. The monoisotopic (exact) mass is 806 g/mol. The van der Waals surface area contributed by atoms with Crippen molar-refractivity contribution in [2.75, 3.05) is 7.11 Å². The minimum Gasteiger partial charge on any atom is -0.508 e. The summed E-state index contributed by atoms with van der Waals surface area (Å²) in [5.41, 5.74) is 1.08. The normalized spacial score (nSPS) is 10.2. The van der Waals surface area contributed by atoms with E-state index in [0.717, 1.165) is 12.0 Å². The lowest BCUT2D eigenvalue weighted by Crippen LogP contribution is -1.97. The highest BCUT2D eigenvalue weighted by molar-refractivity contribution is 6.14. The summed E-state index contributed by atoms with van der Waals surface area (Å²) in [5.74, 6) is 0.502. The fraction of sp³-hybridized carbons (Fsp3) is 0.0435. The number of ketones is 2. The molecule has 0 amide bonds. The predicted octanol–water partition coefficient (Wildman–Crippen LogP) is 8.16. The van der Waals surface area contributed by atoms with Crippen LogP contribution >= 0.6 is 0 Å². The number of hydrogen-bond acceptors (Lipinski definition) is 13. The van der Waals surface area contributed by atoms with Gasteiger partial charge in [0.2, 0.25) is 0 Å². The van der Waals surface area contributed by atoms with Gasteiger partial charge < -0.3 is 55.8 Å². The molecule has 13 heteroatoms. The van der Waals surface area contributed by atoms with Crippen LogP contribution < -0.4 is 4.74 Å². The van der Waals surface area contributed by atoms with E-state index in [1.54, 1.807) is 66.7 Å². The van der Waals surface area contributed by atoms with Crippen LogP contribution in [0.5, 0.6) is 63.2 Å². The number of para-hydroxylation sites is 3. The van der Waals surface area contributed by atoms with E-state index in [1.165, 1.54) is 92.1 Å². The highest BCUT2D eigenvalue weighted by Gasteiger charge is 2.02. The van der Waals surface area contributed by atoms with Crippen molar-refractivity contribution in [2.45, 2.75) is 6.42 Å². The van der Waals surface area contributed by atoms with Crippen LogP contribution in [0, 0.1) is 0 Å². The molecule has 0 bridgehead atoms. The third-order valence-electron chi connectivity index (χ3n) is 6.63. The molecule has 10 N–H and O–H groups in total. The minimum atomic E-state index is -0.475. The molecule has 7 rings (SSSR count). The van der Waals surface area contributed by atoms with Gasteiger partial charge in [-0.1, -0.05) is 60.7 Å². The maximum Gasteiger partial charge on any atom is 0.200 e. The van der Waals surface area contributed by atoms with Gasteiger partial charge in [0.1, 0.15) is 34.5 Å². The number of carbonyl (C=O) groups is 2. The molecule has 0 spiro atoms. The van der Waals surface area contributed by atoms with Gasteiger partial charge in [0, 0.05) is 6.07 Å². The number of phenolic OH excluding ortho intramolecular Hbond substituents is 10. The summed E-state index contributed by atoms with van der Waals surface area (Å²) in [6.45, 7) is 3.63. The quantitative estimate of drug-likeness (QED) is 0.0351. The summed E-state index contributed by atoms with van der Waals surface area (Å²) in [7, 11) is 1.53. The summed E-state index contributed by atoms with van der Waals surface area (Å²) in [5, 5.41) is 87.2. The second-order valence-electron chi connectivity index (χ2n) is 11.3. The molecule has 6 aromatic rings. The fourth-order valence-corrected chi connectivity index (χ4v) is 3.78. The van der Waals surface area contributed by atoms with E-state index < -0.39 is 5.75 Å². The Kier molecular flexibility index (Phi) is 23.2. The lowest BCUT2D eigenvalue weighted by molar-refractivity contribution is -0.113. The molecular formula is C46H46O13. The zero-order valence-corrected chi connectivity index (χ0v) is 31.9. The second-order valence-corrected chi connectivity index (χ2v) is 11.3. The first kappa shape index (κ1) is 48.7. The topological polar surface area (TPSA) is 246 Å². The van der Waals surface area contributed by atoms with Crippen LogP contribution in [0.2, 0.25) is 0 Å². The van der Waals surface area contributed by atoms with E-state index in [2.05, 4.69) is 6.58 Å². The first-order valence-electron chi connectivity index (χ1n) is 17.2. The van der Waals surface area contributed by atoms with Crippen LogP contribution in [0.15, 0.2) is 183 Å². The number of benzene rings is 6. The van der Waals surface area contributed by atoms with Gasteiger partial charge >= 0.3 is 0 Å². The Morgan fingerprint density at radius 2 is 0.814 bits per heavy atom. The van der Waals surface area contributed by atoms with Crippen molar-refractivity contribution < 1.29 is 65.4 Å². The first-order chi connectivity index (χ1) is 28.1. The number of rotatable bonds is 3. The standard InChI is InChI=1S/C10H12O2.C6H6O3.C6H6O2.C6H4O2.C6H6O2.2C6H6O/c1-3-4-8-5-6-9(11)10(7-8)12-2;7-4-2-1-3-5(8)6(4)9;2*7-5-1-2-6(8)4-3-5;7-5-2-1-3-6(8)4-5;2*7-6-4-2-1-3-5-6/h3,5-7,11H,1,4H2,2H3;1-3,7-9H;1-4,7-8H;1-4H;1-4,7-8H;2*1-5,7H. The average Bonchev–Trinajstić information content (AvgIpc) is 3.22. The van der Waals surface area contributed by atoms with Crippen LogP contribution in [-0.4, -0.2) is 69.7 Å². The average molecular weight is 807 g/mol. The number of carbonyl (C=O) groups excluding carboxylic acids is 2. The van der Waals surface area contributed by atoms with E-state index in [1.807, 2.05) is 24.3 Å². The molecule has 0 saturated heterocycles. The van der Waals surface area contributed by atoms with Crippen molar-refractivity contribution >= 4 is 11.6 Å². The molecule has 59 heavy (non-hydrogen) atoms. The largest absolute Gasteiger partial charge is 0.508 e. The third-order valence-corrected chi connectivity index (χ3v) is 6.63. The Morgan fingerprint density at radius 1 is 0.441 bits per heavy atom. The lowest BCUT2D eigenvalue weighted by Gasteiger charge is -2.04. The first-order valence-corrected chi connectivity index (χ1v) is 17.2. The minimum absolute atomic E-state index is 0.0880. The highest BCUT2D eigenvalue weighted by Crippen LogP contribution is 2.32. The molecule has 1 aliphatic carbocycles. The van der Waals surface area contributed by atoms with Gasteiger partial charge in [0.05, 0.1) is 7.11 Å². The molecule has 0 radical (unpaired) electrons. The van der Waals surface area contributed by atoms with Gasteiger partial charge in [-0.2, -0.15) is 0 Å². The van der Waals surface area contributed by atoms with Crippen molar-refractivity contribution in [1.82, 2.24) is 0 Å².